The first-order chi connectivity index (χ1) is 13.5. The minimum Gasteiger partial charge on any atom is -0.392 e. The number of halogens is 1. The summed E-state index contributed by atoms with van der Waals surface area (Å²) < 4.78 is 15.5. The number of fused-ring (bicyclic) bond motifs is 3. The Labute approximate surface area is 165 Å². The molecule has 0 spiro atoms. The van der Waals surface area contributed by atoms with E-state index in [1.54, 1.807) is 6.07 Å². The van der Waals surface area contributed by atoms with Gasteiger partial charge in [-0.1, -0.05) is 25.1 Å². The van der Waals surface area contributed by atoms with Gasteiger partial charge in [0.1, 0.15) is 10.5 Å². The molecular weight excluding hydrogens is 375 g/mol. The van der Waals surface area contributed by atoms with Crippen LogP contribution in [0.3, 0.4) is 0 Å². The number of thiophene rings is 1. The van der Waals surface area contributed by atoms with Gasteiger partial charge in [0.25, 0.3) is 5.56 Å². The highest BCUT2D eigenvalue weighted by Crippen LogP contribution is 2.39. The van der Waals surface area contributed by atoms with Crippen LogP contribution < -0.4 is 11.3 Å². The number of aliphatic hydroxyl groups excluding tert-OH is 1. The molecule has 4 nitrogen and oxygen atoms in total. The lowest BCUT2D eigenvalue weighted by atomic mass is 9.90. The first kappa shape index (κ1) is 18.8. The Bertz CT molecular complexity index is 1260. The lowest BCUT2D eigenvalue weighted by Crippen LogP contribution is -2.10. The number of benzene rings is 2. The normalized spacial score (nSPS) is 12.8. The number of aryl methyl sites for hydroxylation is 1. The predicted octanol–water partition coefficient (Wildman–Crippen LogP) is 4.41. The van der Waals surface area contributed by atoms with Crippen molar-refractivity contribution in [2.24, 2.45) is 5.73 Å². The molecule has 144 valence electrons. The summed E-state index contributed by atoms with van der Waals surface area (Å²) in [5.74, 6) is -0.403. The van der Waals surface area contributed by atoms with Gasteiger partial charge in [-0.15, -0.1) is 11.3 Å². The number of aliphatic hydroxyl groups is 1. The van der Waals surface area contributed by atoms with Crippen LogP contribution >= 0.6 is 11.3 Å². The summed E-state index contributed by atoms with van der Waals surface area (Å²) in [6.45, 7) is 3.96. The van der Waals surface area contributed by atoms with Crippen molar-refractivity contribution < 1.29 is 9.50 Å². The first-order valence-corrected chi connectivity index (χ1v) is 10.0. The van der Waals surface area contributed by atoms with E-state index in [1.807, 2.05) is 37.4 Å². The molecule has 0 bridgehead atoms. The molecular formula is C22H21FN2O2S. The molecule has 2 heterocycles. The summed E-state index contributed by atoms with van der Waals surface area (Å²) in [7, 11) is 0. The molecule has 0 unspecified atom stereocenters. The van der Waals surface area contributed by atoms with E-state index >= 15 is 0 Å². The van der Waals surface area contributed by atoms with Crippen molar-refractivity contribution in [3.05, 3.63) is 68.6 Å². The molecule has 2 aromatic carbocycles. The number of hydrogen-bond donors (Lipinski definition) is 3. The van der Waals surface area contributed by atoms with Crippen LogP contribution in [0.4, 0.5) is 4.39 Å². The molecule has 0 aliphatic carbocycles. The van der Waals surface area contributed by atoms with E-state index in [4.69, 9.17) is 5.73 Å². The Kier molecular flexibility index (Phi) is 4.79. The van der Waals surface area contributed by atoms with Crippen LogP contribution in [-0.2, 0) is 6.61 Å². The molecule has 0 saturated heterocycles. The number of aromatic amines is 1. The molecule has 28 heavy (non-hydrogen) atoms. The Morgan fingerprint density at radius 1 is 1.29 bits per heavy atom. The maximum absolute atomic E-state index is 14.8. The van der Waals surface area contributed by atoms with Gasteiger partial charge in [-0.05, 0) is 64.7 Å². The third-order valence-electron chi connectivity index (χ3n) is 5.33. The number of pyridine rings is 1. The van der Waals surface area contributed by atoms with Crippen LogP contribution in [0.2, 0.25) is 0 Å². The number of nitrogens with one attached hydrogen (secondary N) is 1. The zero-order valence-corrected chi connectivity index (χ0v) is 16.5. The molecule has 0 radical (unpaired) electrons. The van der Waals surface area contributed by atoms with Crippen LogP contribution in [-0.4, -0.2) is 16.6 Å². The third kappa shape index (κ3) is 2.85. The Morgan fingerprint density at radius 3 is 2.75 bits per heavy atom. The second-order valence-electron chi connectivity index (χ2n) is 7.13. The van der Waals surface area contributed by atoms with Crippen LogP contribution in [0.25, 0.3) is 32.1 Å². The van der Waals surface area contributed by atoms with Gasteiger partial charge in [-0.25, -0.2) is 4.39 Å². The van der Waals surface area contributed by atoms with Gasteiger partial charge in [0, 0.05) is 10.8 Å². The molecule has 0 fully saturated rings. The molecule has 0 aliphatic rings. The average molecular weight is 396 g/mol. The van der Waals surface area contributed by atoms with E-state index in [1.165, 1.54) is 17.4 Å². The summed E-state index contributed by atoms with van der Waals surface area (Å²) in [6, 6.07) is 8.86. The van der Waals surface area contributed by atoms with Crippen LogP contribution in [0, 0.1) is 12.7 Å². The van der Waals surface area contributed by atoms with E-state index in [-0.39, 0.29) is 23.9 Å². The summed E-state index contributed by atoms with van der Waals surface area (Å²) in [6.07, 6.45) is 0. The number of nitrogens with two attached hydrogens (primary N) is 1. The van der Waals surface area contributed by atoms with Crippen molar-refractivity contribution in [1.82, 2.24) is 4.98 Å². The van der Waals surface area contributed by atoms with Gasteiger partial charge in [0.05, 0.1) is 12.1 Å². The molecule has 0 saturated carbocycles. The van der Waals surface area contributed by atoms with Gasteiger partial charge in [0.15, 0.2) is 0 Å². The van der Waals surface area contributed by atoms with E-state index in [0.29, 0.717) is 33.5 Å². The van der Waals surface area contributed by atoms with Crippen LogP contribution in [0.15, 0.2) is 40.5 Å². The third-order valence-corrected chi connectivity index (χ3v) is 6.24. The molecule has 4 N–H and O–H groups in total. The Morgan fingerprint density at radius 2 is 2.07 bits per heavy atom. The highest BCUT2D eigenvalue weighted by molar-refractivity contribution is 7.17. The molecule has 2 aromatic heterocycles. The number of H-pyrrole nitrogens is 1. The van der Waals surface area contributed by atoms with Crippen molar-refractivity contribution in [2.75, 3.05) is 6.54 Å². The van der Waals surface area contributed by atoms with Crippen molar-refractivity contribution >= 4 is 32.3 Å². The van der Waals surface area contributed by atoms with Gasteiger partial charge < -0.3 is 15.8 Å². The predicted molar refractivity (Wildman–Crippen MR) is 113 cm³/mol. The second kappa shape index (κ2) is 7.13. The molecule has 6 heteroatoms. The zero-order valence-electron chi connectivity index (χ0n) is 15.7. The van der Waals surface area contributed by atoms with Crippen LogP contribution in [0.1, 0.15) is 29.5 Å². The van der Waals surface area contributed by atoms with Crippen molar-refractivity contribution in [1.29, 1.82) is 0 Å². The monoisotopic (exact) mass is 396 g/mol. The van der Waals surface area contributed by atoms with Crippen LogP contribution in [0.5, 0.6) is 0 Å². The van der Waals surface area contributed by atoms with Crippen molar-refractivity contribution in [3.63, 3.8) is 0 Å². The minimum absolute atomic E-state index is 0.0824. The summed E-state index contributed by atoms with van der Waals surface area (Å²) in [5.41, 5.74) is 9.81. The Balaban J connectivity index is 2.12. The molecule has 0 aliphatic heterocycles. The summed E-state index contributed by atoms with van der Waals surface area (Å²) in [4.78, 5) is 15.4. The first-order valence-electron chi connectivity index (χ1n) is 9.12. The molecule has 4 rings (SSSR count). The molecule has 0 amide bonds. The highest BCUT2D eigenvalue weighted by Gasteiger charge is 2.19. The standard InChI is InChI=1S/C22H21FN2O2S/c1-11-7-14(10-26)18(13-3-4-15(12(2)9-24)17(23)8-13)19-16-5-6-28-21(16)22(27)25-20(11)19/h3-8,12,26H,9-10,24H2,1-2H3,(H,25,27)/t12-/m0/s1. The van der Waals surface area contributed by atoms with Gasteiger partial charge >= 0.3 is 0 Å². The van der Waals surface area contributed by atoms with Crippen molar-refractivity contribution in [3.8, 4) is 11.1 Å². The number of aromatic nitrogens is 1. The lowest BCUT2D eigenvalue weighted by Gasteiger charge is -2.17. The smallest absolute Gasteiger partial charge is 0.266 e. The Hall–Kier alpha value is -2.54. The van der Waals surface area contributed by atoms with Gasteiger partial charge in [0.2, 0.25) is 0 Å². The fourth-order valence-corrected chi connectivity index (χ4v) is 4.63. The number of rotatable bonds is 4. The SMILES string of the molecule is Cc1cc(CO)c(-c2ccc([C@@H](C)CN)c(F)c2)c2c1[nH]c(=O)c1sccc12. The van der Waals surface area contributed by atoms with Gasteiger partial charge in [-0.2, -0.15) is 0 Å². The quantitative estimate of drug-likeness (QED) is 0.478. The second-order valence-corrected chi connectivity index (χ2v) is 8.04. The average Bonchev–Trinajstić information content (AvgIpc) is 3.18. The molecule has 4 aromatic rings. The van der Waals surface area contributed by atoms with E-state index in [2.05, 4.69) is 4.98 Å². The van der Waals surface area contributed by atoms with E-state index in [0.717, 1.165) is 21.9 Å². The molecule has 1 atom stereocenters. The fourth-order valence-electron chi connectivity index (χ4n) is 3.83. The highest BCUT2D eigenvalue weighted by atomic mass is 32.1. The summed E-state index contributed by atoms with van der Waals surface area (Å²) >= 11 is 1.37. The maximum Gasteiger partial charge on any atom is 0.266 e. The van der Waals surface area contributed by atoms with E-state index in [9.17, 15) is 14.3 Å². The van der Waals surface area contributed by atoms with E-state index < -0.39 is 0 Å². The van der Waals surface area contributed by atoms with Crippen molar-refractivity contribution in [2.45, 2.75) is 26.4 Å². The number of hydrogen-bond acceptors (Lipinski definition) is 4. The zero-order chi connectivity index (χ0) is 20.0. The minimum atomic E-state index is -0.320. The van der Waals surface area contributed by atoms with Gasteiger partial charge in [-0.3, -0.25) is 4.79 Å². The summed E-state index contributed by atoms with van der Waals surface area (Å²) in [5, 5.41) is 13.5. The fraction of sp³-hybridized carbons (Fsp3) is 0.227. The largest absolute Gasteiger partial charge is 0.392 e. The topological polar surface area (TPSA) is 79.1 Å². The lowest BCUT2D eigenvalue weighted by molar-refractivity contribution is 0.282. The maximum atomic E-state index is 14.8.